The number of benzene rings is 1. The molecule has 1 unspecified atom stereocenters. The van der Waals surface area contributed by atoms with Crippen LogP contribution in [-0.2, 0) is 12.6 Å². The lowest BCUT2D eigenvalue weighted by molar-refractivity contribution is -0.137. The summed E-state index contributed by atoms with van der Waals surface area (Å²) < 4.78 is 38.1. The molecule has 0 aliphatic heterocycles. The van der Waals surface area contributed by atoms with Crippen molar-refractivity contribution in [2.24, 2.45) is 0 Å². The second kappa shape index (κ2) is 5.79. The van der Waals surface area contributed by atoms with Crippen LogP contribution in [-0.4, -0.2) is 15.8 Å². The number of aromatic nitrogens is 2. The predicted octanol–water partition coefficient (Wildman–Crippen LogP) is 3.85. The molecule has 1 N–H and O–H groups in total. The molecular formula is C19H13F3N2O2. The minimum absolute atomic E-state index is 0.0905. The van der Waals surface area contributed by atoms with Gasteiger partial charge >= 0.3 is 6.18 Å². The van der Waals surface area contributed by atoms with E-state index in [1.807, 2.05) is 0 Å². The Morgan fingerprint density at radius 1 is 1.04 bits per heavy atom. The molecule has 4 nitrogen and oxygen atoms in total. The fourth-order valence-corrected chi connectivity index (χ4v) is 3.44. The van der Waals surface area contributed by atoms with Gasteiger partial charge in [0.1, 0.15) is 5.65 Å². The number of alkyl halides is 3. The zero-order valence-electron chi connectivity index (χ0n) is 13.4. The first-order valence-corrected chi connectivity index (χ1v) is 8.05. The van der Waals surface area contributed by atoms with E-state index in [9.17, 15) is 22.8 Å². The normalized spacial score (nSPS) is 17.3. The SMILES string of the molecule is O=C1CC(c2ccc(C(F)(F)F)cc2)Cc2[nH]c3ncccc3c(=O)c21. The van der Waals surface area contributed by atoms with Gasteiger partial charge < -0.3 is 4.98 Å². The molecule has 0 amide bonds. The van der Waals surface area contributed by atoms with E-state index in [1.165, 1.54) is 12.1 Å². The van der Waals surface area contributed by atoms with Crippen molar-refractivity contribution in [2.75, 3.05) is 0 Å². The Hall–Kier alpha value is -2.96. The van der Waals surface area contributed by atoms with E-state index in [-0.39, 0.29) is 29.1 Å². The van der Waals surface area contributed by atoms with Gasteiger partial charge in [-0.3, -0.25) is 9.59 Å². The standard InChI is InChI=1S/C19H13F3N2O2/c20-19(21,22)12-5-3-10(4-6-12)11-8-14-16(15(25)9-11)17(26)13-2-1-7-23-18(13)24-14/h1-7,11H,8-9H2,(H,23,24,26). The number of nitrogens with zero attached hydrogens (tertiary/aromatic N) is 1. The molecule has 3 aromatic rings. The van der Waals surface area contributed by atoms with Gasteiger partial charge in [-0.2, -0.15) is 13.2 Å². The van der Waals surface area contributed by atoms with Gasteiger partial charge in [-0.15, -0.1) is 0 Å². The van der Waals surface area contributed by atoms with Gasteiger partial charge in [0.15, 0.2) is 5.78 Å². The lowest BCUT2D eigenvalue weighted by atomic mass is 9.81. The first-order chi connectivity index (χ1) is 12.3. The minimum atomic E-state index is -4.40. The summed E-state index contributed by atoms with van der Waals surface area (Å²) in [5, 5.41) is 0.354. The highest BCUT2D eigenvalue weighted by Gasteiger charge is 2.32. The first kappa shape index (κ1) is 16.5. The number of carbonyl (C=O) groups excluding carboxylic acids is 1. The number of rotatable bonds is 1. The topological polar surface area (TPSA) is 62.8 Å². The summed E-state index contributed by atoms with van der Waals surface area (Å²) >= 11 is 0. The van der Waals surface area contributed by atoms with E-state index in [2.05, 4.69) is 9.97 Å². The van der Waals surface area contributed by atoms with Crippen LogP contribution in [0.3, 0.4) is 0 Å². The largest absolute Gasteiger partial charge is 0.416 e. The molecule has 1 atom stereocenters. The molecule has 0 saturated carbocycles. The molecule has 132 valence electrons. The third kappa shape index (κ3) is 2.69. The Labute approximate surface area is 145 Å². The summed E-state index contributed by atoms with van der Waals surface area (Å²) in [4.78, 5) is 32.3. The number of ketones is 1. The van der Waals surface area contributed by atoms with Crippen molar-refractivity contribution in [2.45, 2.75) is 24.9 Å². The maximum absolute atomic E-state index is 12.7. The zero-order chi connectivity index (χ0) is 18.5. The van der Waals surface area contributed by atoms with Crippen LogP contribution < -0.4 is 5.43 Å². The van der Waals surface area contributed by atoms with Gasteiger partial charge in [-0.1, -0.05) is 12.1 Å². The van der Waals surface area contributed by atoms with Crippen molar-refractivity contribution in [1.29, 1.82) is 0 Å². The number of nitrogens with one attached hydrogen (secondary N) is 1. The van der Waals surface area contributed by atoms with Gasteiger partial charge in [0.05, 0.1) is 16.5 Å². The van der Waals surface area contributed by atoms with Gasteiger partial charge in [0, 0.05) is 18.3 Å². The van der Waals surface area contributed by atoms with E-state index in [1.54, 1.807) is 18.3 Å². The van der Waals surface area contributed by atoms with Crippen molar-refractivity contribution < 1.29 is 18.0 Å². The second-order valence-electron chi connectivity index (χ2n) is 6.36. The molecule has 0 fully saturated rings. The van der Waals surface area contributed by atoms with Crippen LogP contribution in [0.15, 0.2) is 47.4 Å². The van der Waals surface area contributed by atoms with Gasteiger partial charge in [-0.05, 0) is 42.2 Å². The maximum atomic E-state index is 12.7. The van der Waals surface area contributed by atoms with E-state index < -0.39 is 11.7 Å². The summed E-state index contributed by atoms with van der Waals surface area (Å²) in [6, 6.07) is 8.05. The monoisotopic (exact) mass is 358 g/mol. The number of aromatic amines is 1. The molecule has 4 rings (SSSR count). The highest BCUT2D eigenvalue weighted by Crippen LogP contribution is 2.34. The van der Waals surface area contributed by atoms with Crippen LogP contribution in [0, 0.1) is 0 Å². The van der Waals surface area contributed by atoms with Crippen LogP contribution in [0.25, 0.3) is 11.0 Å². The fourth-order valence-electron chi connectivity index (χ4n) is 3.44. The summed E-state index contributed by atoms with van der Waals surface area (Å²) in [7, 11) is 0. The van der Waals surface area contributed by atoms with Crippen LogP contribution in [0.4, 0.5) is 13.2 Å². The van der Waals surface area contributed by atoms with Gasteiger partial charge in [-0.25, -0.2) is 4.98 Å². The van der Waals surface area contributed by atoms with Gasteiger partial charge in [0.25, 0.3) is 0 Å². The van der Waals surface area contributed by atoms with Crippen LogP contribution in [0.2, 0.25) is 0 Å². The van der Waals surface area contributed by atoms with Crippen molar-refractivity contribution in [3.63, 3.8) is 0 Å². The Morgan fingerprint density at radius 2 is 1.77 bits per heavy atom. The zero-order valence-corrected chi connectivity index (χ0v) is 13.4. The van der Waals surface area contributed by atoms with E-state index in [0.717, 1.165) is 12.1 Å². The first-order valence-electron chi connectivity index (χ1n) is 8.05. The Kier molecular flexibility index (Phi) is 3.68. The molecule has 0 saturated heterocycles. The molecule has 2 heterocycles. The number of Topliss-reactive ketones (excluding diaryl/α,β-unsaturated/α-hetero) is 1. The average molecular weight is 358 g/mol. The third-order valence-corrected chi connectivity index (χ3v) is 4.72. The molecule has 1 aliphatic carbocycles. The van der Waals surface area contributed by atoms with Crippen LogP contribution >= 0.6 is 0 Å². The molecule has 1 aliphatic rings. The molecule has 7 heteroatoms. The lowest BCUT2D eigenvalue weighted by Crippen LogP contribution is -2.27. The summed E-state index contributed by atoms with van der Waals surface area (Å²) in [5.74, 6) is -0.586. The smallest absolute Gasteiger partial charge is 0.342 e. The minimum Gasteiger partial charge on any atom is -0.342 e. The molecule has 0 spiro atoms. The van der Waals surface area contributed by atoms with E-state index in [0.29, 0.717) is 28.7 Å². The number of H-pyrrole nitrogens is 1. The number of carbonyl (C=O) groups is 1. The van der Waals surface area contributed by atoms with Crippen molar-refractivity contribution in [3.8, 4) is 0 Å². The molecule has 26 heavy (non-hydrogen) atoms. The van der Waals surface area contributed by atoms with Crippen LogP contribution in [0.1, 0.15) is 39.5 Å². The molecule has 1 aromatic carbocycles. The quantitative estimate of drug-likeness (QED) is 0.719. The van der Waals surface area contributed by atoms with Crippen LogP contribution in [0.5, 0.6) is 0 Å². The molecular weight excluding hydrogens is 345 g/mol. The Bertz CT molecular complexity index is 1070. The summed E-state index contributed by atoms with van der Waals surface area (Å²) in [6.07, 6.45) is -2.40. The molecule has 0 bridgehead atoms. The highest BCUT2D eigenvalue weighted by molar-refractivity contribution is 6.01. The summed E-state index contributed by atoms with van der Waals surface area (Å²) in [5.41, 5.74) is 0.581. The van der Waals surface area contributed by atoms with Crippen molar-refractivity contribution >= 4 is 16.8 Å². The number of halogens is 3. The number of hydrogen-bond donors (Lipinski definition) is 1. The fraction of sp³-hybridized carbons (Fsp3) is 0.211. The number of pyridine rings is 2. The second-order valence-corrected chi connectivity index (χ2v) is 6.36. The van der Waals surface area contributed by atoms with Crippen molar-refractivity contribution in [3.05, 3.63) is 75.2 Å². The number of fused-ring (bicyclic) bond motifs is 2. The Balaban J connectivity index is 1.74. The maximum Gasteiger partial charge on any atom is 0.416 e. The Morgan fingerprint density at radius 3 is 2.46 bits per heavy atom. The van der Waals surface area contributed by atoms with Gasteiger partial charge in [0.2, 0.25) is 5.43 Å². The lowest BCUT2D eigenvalue weighted by Gasteiger charge is -2.24. The van der Waals surface area contributed by atoms with E-state index in [4.69, 9.17) is 0 Å². The third-order valence-electron chi connectivity index (χ3n) is 4.72. The highest BCUT2D eigenvalue weighted by atomic mass is 19.4. The summed E-state index contributed by atoms with van der Waals surface area (Å²) in [6.45, 7) is 0. The van der Waals surface area contributed by atoms with E-state index >= 15 is 0 Å². The molecule has 0 radical (unpaired) electrons. The predicted molar refractivity (Wildman–Crippen MR) is 89.2 cm³/mol. The number of hydrogen-bond acceptors (Lipinski definition) is 3. The molecule has 2 aromatic heterocycles. The average Bonchev–Trinajstić information content (AvgIpc) is 2.61. The van der Waals surface area contributed by atoms with Crippen molar-refractivity contribution in [1.82, 2.24) is 9.97 Å².